The summed E-state index contributed by atoms with van der Waals surface area (Å²) in [4.78, 5) is 3.74. The Labute approximate surface area is 164 Å². The fourth-order valence-corrected chi connectivity index (χ4v) is 4.87. The van der Waals surface area contributed by atoms with E-state index in [1.54, 1.807) is 0 Å². The molecule has 1 aliphatic rings. The van der Waals surface area contributed by atoms with E-state index in [9.17, 15) is 21.6 Å². The standard InChI is InChI=1S/C14H8ClF3N6O2S2/c15-8-3-7(28(25,26)23-13(6-19)1-2-13)5-24-9(8)4-20-10(24)11-21-22-12(27-11)14(16,17)18/h3-5,23H,1-2H2. The zero-order valence-electron chi connectivity index (χ0n) is 13.5. The first-order valence-electron chi connectivity index (χ1n) is 7.58. The van der Waals surface area contributed by atoms with E-state index in [0.29, 0.717) is 12.8 Å². The van der Waals surface area contributed by atoms with Gasteiger partial charge in [0.2, 0.25) is 15.0 Å². The van der Waals surface area contributed by atoms with Gasteiger partial charge in [-0.05, 0) is 18.9 Å². The fraction of sp³-hybridized carbons (Fsp3) is 0.286. The number of sulfonamides is 1. The Morgan fingerprint density at radius 1 is 1.36 bits per heavy atom. The molecule has 0 amide bonds. The number of imidazole rings is 1. The Balaban J connectivity index is 1.81. The van der Waals surface area contributed by atoms with Gasteiger partial charge in [-0.15, -0.1) is 10.2 Å². The number of nitriles is 1. The second-order valence-electron chi connectivity index (χ2n) is 6.07. The molecule has 4 rings (SSSR count). The third-order valence-corrected chi connectivity index (χ3v) is 6.80. The number of hydrogen-bond donors (Lipinski definition) is 1. The van der Waals surface area contributed by atoms with Crippen LogP contribution in [0.3, 0.4) is 0 Å². The van der Waals surface area contributed by atoms with Crippen molar-refractivity contribution in [2.45, 2.75) is 29.5 Å². The van der Waals surface area contributed by atoms with Crippen LogP contribution in [0.25, 0.3) is 16.3 Å². The van der Waals surface area contributed by atoms with Crippen molar-refractivity contribution in [1.29, 1.82) is 5.26 Å². The number of nitrogens with zero attached hydrogens (tertiary/aromatic N) is 5. The second-order valence-corrected chi connectivity index (χ2v) is 9.14. The molecule has 0 radical (unpaired) electrons. The number of nitrogens with one attached hydrogen (secondary N) is 1. The van der Waals surface area contributed by atoms with Crippen LogP contribution in [0.4, 0.5) is 13.2 Å². The Morgan fingerprint density at radius 3 is 2.64 bits per heavy atom. The van der Waals surface area contributed by atoms with E-state index in [2.05, 4.69) is 19.9 Å². The molecule has 146 valence electrons. The number of halogens is 4. The number of rotatable bonds is 4. The summed E-state index contributed by atoms with van der Waals surface area (Å²) in [6.45, 7) is 0. The third-order valence-electron chi connectivity index (χ3n) is 4.03. The lowest BCUT2D eigenvalue weighted by Crippen LogP contribution is -2.35. The van der Waals surface area contributed by atoms with E-state index in [1.807, 2.05) is 6.07 Å². The molecule has 0 unspecified atom stereocenters. The molecule has 0 aromatic carbocycles. The first-order valence-corrected chi connectivity index (χ1v) is 10.3. The van der Waals surface area contributed by atoms with E-state index < -0.39 is 26.7 Å². The zero-order valence-corrected chi connectivity index (χ0v) is 15.9. The van der Waals surface area contributed by atoms with E-state index in [4.69, 9.17) is 16.9 Å². The lowest BCUT2D eigenvalue weighted by molar-refractivity contribution is -0.138. The topological polar surface area (TPSA) is 113 Å². The number of aromatic nitrogens is 4. The molecule has 3 heterocycles. The minimum absolute atomic E-state index is 0.0176. The minimum atomic E-state index is -4.66. The van der Waals surface area contributed by atoms with Crippen molar-refractivity contribution in [3.8, 4) is 16.9 Å². The predicted octanol–water partition coefficient (Wildman–Crippen LogP) is 2.86. The predicted molar refractivity (Wildman–Crippen MR) is 92.0 cm³/mol. The van der Waals surface area contributed by atoms with Crippen LogP contribution >= 0.6 is 22.9 Å². The van der Waals surface area contributed by atoms with Gasteiger partial charge in [-0.3, -0.25) is 4.40 Å². The summed E-state index contributed by atoms with van der Waals surface area (Å²) in [5, 5.41) is 14.4. The normalized spacial score (nSPS) is 16.2. The van der Waals surface area contributed by atoms with Crippen LogP contribution in [-0.2, 0) is 16.2 Å². The molecular formula is C14H8ClF3N6O2S2. The van der Waals surface area contributed by atoms with Crippen molar-refractivity contribution in [1.82, 2.24) is 24.3 Å². The lowest BCUT2D eigenvalue weighted by atomic mass is 10.3. The second kappa shape index (κ2) is 6.11. The molecule has 28 heavy (non-hydrogen) atoms. The van der Waals surface area contributed by atoms with Crippen molar-refractivity contribution in [2.24, 2.45) is 0 Å². The van der Waals surface area contributed by atoms with Gasteiger partial charge in [-0.25, -0.2) is 13.4 Å². The lowest BCUT2D eigenvalue weighted by Gasteiger charge is -2.11. The van der Waals surface area contributed by atoms with Gasteiger partial charge < -0.3 is 0 Å². The van der Waals surface area contributed by atoms with Crippen LogP contribution in [0, 0.1) is 11.3 Å². The Hall–Kier alpha value is -2.27. The van der Waals surface area contributed by atoms with Crippen LogP contribution in [0.2, 0.25) is 5.02 Å². The quantitative estimate of drug-likeness (QED) is 0.656. The first-order chi connectivity index (χ1) is 13.0. The number of pyridine rings is 1. The van der Waals surface area contributed by atoms with Gasteiger partial charge >= 0.3 is 6.18 Å². The van der Waals surface area contributed by atoms with Crippen LogP contribution in [-0.4, -0.2) is 33.5 Å². The van der Waals surface area contributed by atoms with Crippen LogP contribution in [0.1, 0.15) is 17.8 Å². The van der Waals surface area contributed by atoms with Gasteiger partial charge in [0.05, 0.1) is 22.8 Å². The number of alkyl halides is 3. The maximum absolute atomic E-state index is 12.8. The molecule has 0 aliphatic heterocycles. The summed E-state index contributed by atoms with van der Waals surface area (Å²) in [6, 6.07) is 3.09. The third kappa shape index (κ3) is 3.22. The van der Waals surface area contributed by atoms with Crippen molar-refractivity contribution < 1.29 is 21.6 Å². The highest BCUT2D eigenvalue weighted by Crippen LogP contribution is 2.37. The summed E-state index contributed by atoms with van der Waals surface area (Å²) >= 11 is 6.41. The van der Waals surface area contributed by atoms with Crippen LogP contribution in [0.15, 0.2) is 23.4 Å². The van der Waals surface area contributed by atoms with E-state index in [-0.39, 0.29) is 37.6 Å². The number of hydrogen-bond acceptors (Lipinski definition) is 7. The molecule has 1 N–H and O–H groups in total. The van der Waals surface area contributed by atoms with Crippen molar-refractivity contribution in [3.63, 3.8) is 0 Å². The fourth-order valence-electron chi connectivity index (χ4n) is 2.44. The highest BCUT2D eigenvalue weighted by atomic mass is 35.5. The summed E-state index contributed by atoms with van der Waals surface area (Å²) in [5.74, 6) is -0.0385. The molecule has 0 saturated heterocycles. The zero-order chi connectivity index (χ0) is 20.3. The highest BCUT2D eigenvalue weighted by Gasteiger charge is 2.47. The van der Waals surface area contributed by atoms with Crippen LogP contribution < -0.4 is 4.72 Å². The molecule has 8 nitrogen and oxygen atoms in total. The summed E-state index contributed by atoms with van der Waals surface area (Å²) < 4.78 is 67.1. The van der Waals surface area contributed by atoms with Crippen molar-refractivity contribution in [3.05, 3.63) is 28.5 Å². The molecule has 14 heteroatoms. The SMILES string of the molecule is N#CC1(NS(=O)(=O)c2cc(Cl)c3cnc(-c4nnc(C(F)(F)F)s4)n3c2)CC1. The molecular weight excluding hydrogens is 441 g/mol. The van der Waals surface area contributed by atoms with Gasteiger partial charge in [-0.2, -0.15) is 23.2 Å². The van der Waals surface area contributed by atoms with E-state index in [0.717, 1.165) is 6.20 Å². The van der Waals surface area contributed by atoms with E-state index >= 15 is 0 Å². The molecule has 0 atom stereocenters. The molecule has 0 bridgehead atoms. The summed E-state index contributed by atoms with van der Waals surface area (Å²) in [5.41, 5.74) is -0.861. The number of fused-ring (bicyclic) bond motifs is 1. The van der Waals surface area contributed by atoms with Gasteiger partial charge in [-0.1, -0.05) is 22.9 Å². The molecule has 3 aromatic rings. The minimum Gasteiger partial charge on any atom is -0.295 e. The maximum atomic E-state index is 12.8. The maximum Gasteiger partial charge on any atom is 0.445 e. The van der Waals surface area contributed by atoms with Gasteiger partial charge in [0.1, 0.15) is 10.4 Å². The highest BCUT2D eigenvalue weighted by molar-refractivity contribution is 7.89. The van der Waals surface area contributed by atoms with Gasteiger partial charge in [0.25, 0.3) is 0 Å². The van der Waals surface area contributed by atoms with Crippen molar-refractivity contribution >= 4 is 38.5 Å². The monoisotopic (exact) mass is 448 g/mol. The Kier molecular flexibility index (Phi) is 4.16. The average Bonchev–Trinajstić information content (AvgIpc) is 3.03. The smallest absolute Gasteiger partial charge is 0.295 e. The molecule has 0 spiro atoms. The van der Waals surface area contributed by atoms with Crippen molar-refractivity contribution in [2.75, 3.05) is 0 Å². The average molecular weight is 449 g/mol. The van der Waals surface area contributed by atoms with Gasteiger partial charge in [0, 0.05) is 6.20 Å². The molecule has 1 fully saturated rings. The molecule has 1 aliphatic carbocycles. The molecule has 1 saturated carbocycles. The largest absolute Gasteiger partial charge is 0.445 e. The van der Waals surface area contributed by atoms with E-state index in [1.165, 1.54) is 16.7 Å². The Morgan fingerprint density at radius 2 is 2.07 bits per heavy atom. The summed E-state index contributed by atoms with van der Waals surface area (Å²) in [6.07, 6.45) is -1.43. The van der Waals surface area contributed by atoms with Gasteiger partial charge in [0.15, 0.2) is 10.8 Å². The summed E-state index contributed by atoms with van der Waals surface area (Å²) in [7, 11) is -4.09. The molecule has 3 aromatic heterocycles. The van der Waals surface area contributed by atoms with Crippen LogP contribution in [0.5, 0.6) is 0 Å². The Bertz CT molecular complexity index is 1240. The first kappa shape index (κ1) is 19.1.